The lowest BCUT2D eigenvalue weighted by Crippen LogP contribution is -2.46. The molecule has 4 heterocycles. The second-order valence-electron chi connectivity index (χ2n) is 9.65. The number of phosphoric ester groups is 2. The number of phosphoric acid groups is 2. The number of carbonyl (C=O) groups excluding carboxylic acids is 1. The number of aromatic nitrogens is 4. The van der Waals surface area contributed by atoms with Gasteiger partial charge in [0, 0.05) is 0 Å². The molecule has 0 saturated carbocycles. The van der Waals surface area contributed by atoms with Crippen molar-refractivity contribution >= 4 is 38.6 Å². The smallest absolute Gasteiger partial charge is 0.468 e. The summed E-state index contributed by atoms with van der Waals surface area (Å²) in [4.78, 5) is 43.3. The number of nitrogen functional groups attached to an aromatic ring is 1. The van der Waals surface area contributed by atoms with Crippen molar-refractivity contribution in [3.63, 3.8) is 0 Å². The monoisotopic (exact) mass is 674 g/mol. The van der Waals surface area contributed by atoms with Crippen molar-refractivity contribution in [2.24, 2.45) is 5.73 Å². The highest BCUT2D eigenvalue weighted by Gasteiger charge is 2.48. The predicted molar refractivity (Wildman–Crippen MR) is 140 cm³/mol. The van der Waals surface area contributed by atoms with Crippen LogP contribution in [0.3, 0.4) is 0 Å². The Morgan fingerprint density at radius 1 is 1.00 bits per heavy atom. The van der Waals surface area contributed by atoms with Crippen LogP contribution in [0.25, 0.3) is 11.2 Å². The molecule has 2 aromatic heterocycles. The Morgan fingerprint density at radius 3 is 2.20 bits per heavy atom. The fourth-order valence-electron chi connectivity index (χ4n) is 4.25. The number of aliphatic hydroxyl groups excluding tert-OH is 4. The number of imidazole rings is 1. The first-order valence-electron chi connectivity index (χ1n) is 12.7. The Kier molecular flexibility index (Phi) is 10.7. The topological polar surface area (TPSA) is 333 Å². The van der Waals surface area contributed by atoms with Crippen LogP contribution in [-0.4, -0.2) is 131 Å². The van der Waals surface area contributed by atoms with Gasteiger partial charge in [-0.1, -0.05) is 0 Å². The van der Waals surface area contributed by atoms with E-state index in [4.69, 9.17) is 25.7 Å². The van der Waals surface area contributed by atoms with E-state index in [1.165, 1.54) is 17.8 Å². The molecule has 0 bridgehead atoms. The molecule has 0 radical (unpaired) electrons. The van der Waals surface area contributed by atoms with Crippen molar-refractivity contribution in [3.8, 4) is 0 Å². The number of aliphatic hydroxyl groups is 4. The maximum absolute atomic E-state index is 12.4. The maximum Gasteiger partial charge on any atom is 0.481 e. The summed E-state index contributed by atoms with van der Waals surface area (Å²) in [5.74, 6) is -0.777. The first-order valence-corrected chi connectivity index (χ1v) is 15.7. The molecule has 0 amide bonds. The van der Waals surface area contributed by atoms with Crippen LogP contribution in [-0.2, 0) is 46.2 Å². The first kappa shape index (κ1) is 34.6. The van der Waals surface area contributed by atoms with E-state index in [9.17, 15) is 44.1 Å². The molecule has 10 N–H and O–H groups in total. The van der Waals surface area contributed by atoms with Crippen molar-refractivity contribution in [1.82, 2.24) is 19.5 Å². The normalized spacial score (nSPS) is 33.1. The fourth-order valence-corrected chi connectivity index (χ4v) is 6.35. The molecule has 24 heteroatoms. The van der Waals surface area contributed by atoms with Gasteiger partial charge >= 0.3 is 21.6 Å². The molecule has 2 aliphatic heterocycles. The molecule has 22 nitrogen and oxygen atoms in total. The highest BCUT2D eigenvalue weighted by molar-refractivity contribution is 7.61. The Bertz CT molecular complexity index is 1420. The second kappa shape index (κ2) is 13.6. The molecule has 248 valence electrons. The Balaban J connectivity index is 1.29. The number of rotatable bonds is 13. The van der Waals surface area contributed by atoms with Gasteiger partial charge in [0.25, 0.3) is 0 Å². The van der Waals surface area contributed by atoms with Crippen LogP contribution in [0.15, 0.2) is 12.7 Å². The van der Waals surface area contributed by atoms with Crippen LogP contribution in [0, 0.1) is 0 Å². The lowest BCUT2D eigenvalue weighted by atomic mass is 10.1. The van der Waals surface area contributed by atoms with E-state index in [1.54, 1.807) is 0 Å². The number of ether oxygens (including phenoxy) is 4. The third-order valence-corrected chi connectivity index (χ3v) is 9.26. The molecule has 12 atom stereocenters. The predicted octanol–water partition coefficient (Wildman–Crippen LogP) is -3.37. The molecule has 2 saturated heterocycles. The molecule has 0 spiro atoms. The Morgan fingerprint density at radius 2 is 1.59 bits per heavy atom. The molecule has 2 aliphatic rings. The van der Waals surface area contributed by atoms with Crippen molar-refractivity contribution in [2.75, 3.05) is 26.1 Å². The SMILES string of the molecule is COC(=O)[C@@H](N)C(C)O[C@@H]1O[C@H](COP(=O)(O)OP(=O)(O)OC[C@H]2O[C@@H](n3cnc4c(N)ncnc43)[C@H](O)[C@@H]2O)[C@@H](O)[C@H]1O. The number of anilines is 1. The quantitative estimate of drug-likeness (QED) is 0.0759. The highest BCUT2D eigenvalue weighted by atomic mass is 31.3. The highest BCUT2D eigenvalue weighted by Crippen LogP contribution is 2.60. The molecule has 0 aliphatic carbocycles. The molecule has 3 unspecified atom stereocenters. The number of fused-ring (bicyclic) bond motifs is 1. The van der Waals surface area contributed by atoms with E-state index >= 15 is 0 Å². The maximum atomic E-state index is 12.4. The zero-order valence-electron chi connectivity index (χ0n) is 22.9. The molecule has 4 rings (SSSR count). The van der Waals surface area contributed by atoms with Gasteiger partial charge in [0.05, 0.1) is 32.8 Å². The lowest BCUT2D eigenvalue weighted by molar-refractivity contribution is -0.196. The van der Waals surface area contributed by atoms with Gasteiger partial charge in [0.1, 0.15) is 54.5 Å². The lowest BCUT2D eigenvalue weighted by Gasteiger charge is -2.23. The fraction of sp³-hybridized carbons (Fsp3) is 0.700. The summed E-state index contributed by atoms with van der Waals surface area (Å²) in [7, 11) is -9.67. The minimum absolute atomic E-state index is 0.0454. The molecule has 2 fully saturated rings. The van der Waals surface area contributed by atoms with Crippen LogP contribution in [0.2, 0.25) is 0 Å². The number of nitrogens with two attached hydrogens (primary N) is 2. The van der Waals surface area contributed by atoms with E-state index in [2.05, 4.69) is 33.0 Å². The van der Waals surface area contributed by atoms with Crippen LogP contribution in [0.1, 0.15) is 13.2 Å². The van der Waals surface area contributed by atoms with E-state index in [-0.39, 0.29) is 17.0 Å². The van der Waals surface area contributed by atoms with Crippen molar-refractivity contribution in [3.05, 3.63) is 12.7 Å². The number of methoxy groups -OCH3 is 1. The largest absolute Gasteiger partial charge is 0.481 e. The van der Waals surface area contributed by atoms with Crippen LogP contribution < -0.4 is 11.5 Å². The Labute approximate surface area is 247 Å². The zero-order chi connectivity index (χ0) is 32.6. The van der Waals surface area contributed by atoms with Crippen LogP contribution in [0.5, 0.6) is 0 Å². The average molecular weight is 674 g/mol. The molecular weight excluding hydrogens is 642 g/mol. The molecule has 44 heavy (non-hydrogen) atoms. The van der Waals surface area contributed by atoms with Gasteiger partial charge in [-0.05, 0) is 6.92 Å². The van der Waals surface area contributed by atoms with E-state index in [0.29, 0.717) is 0 Å². The van der Waals surface area contributed by atoms with E-state index in [0.717, 1.165) is 13.4 Å². The molecular formula is C20H32N6O16P2. The van der Waals surface area contributed by atoms with Crippen LogP contribution in [0.4, 0.5) is 5.82 Å². The van der Waals surface area contributed by atoms with Crippen molar-refractivity contribution in [1.29, 1.82) is 0 Å². The van der Waals surface area contributed by atoms with Crippen molar-refractivity contribution in [2.45, 2.75) is 68.2 Å². The molecule has 2 aromatic rings. The summed E-state index contributed by atoms with van der Waals surface area (Å²) in [6.45, 7) is -0.494. The van der Waals surface area contributed by atoms with Gasteiger partial charge < -0.3 is 60.6 Å². The molecule has 0 aromatic carbocycles. The third kappa shape index (κ3) is 7.58. The number of nitrogens with zero attached hydrogens (tertiary/aromatic N) is 4. The minimum Gasteiger partial charge on any atom is -0.468 e. The summed E-state index contributed by atoms with van der Waals surface area (Å²) in [6.07, 6.45) is -11.2. The first-order chi connectivity index (χ1) is 20.5. The van der Waals surface area contributed by atoms with E-state index in [1.807, 2.05) is 0 Å². The third-order valence-electron chi connectivity index (χ3n) is 6.66. The summed E-state index contributed by atoms with van der Waals surface area (Å²) in [6, 6.07) is -1.27. The number of hydrogen-bond acceptors (Lipinski definition) is 19. The van der Waals surface area contributed by atoms with Gasteiger partial charge in [-0.15, -0.1) is 0 Å². The van der Waals surface area contributed by atoms with Gasteiger partial charge in [0.2, 0.25) is 0 Å². The zero-order valence-corrected chi connectivity index (χ0v) is 24.7. The summed E-state index contributed by atoms with van der Waals surface area (Å²) in [5, 5.41) is 41.3. The summed E-state index contributed by atoms with van der Waals surface area (Å²) >= 11 is 0. The number of esters is 1. The number of carbonyl (C=O) groups is 1. The second-order valence-corrected chi connectivity index (χ2v) is 12.7. The van der Waals surface area contributed by atoms with Crippen LogP contribution >= 0.6 is 15.6 Å². The minimum atomic E-state index is -5.39. The summed E-state index contributed by atoms with van der Waals surface area (Å²) in [5.41, 5.74) is 11.7. The van der Waals surface area contributed by atoms with Gasteiger partial charge in [-0.3, -0.25) is 18.4 Å². The van der Waals surface area contributed by atoms with Gasteiger partial charge in [0.15, 0.2) is 24.0 Å². The average Bonchev–Trinajstić information content (AvgIpc) is 3.60. The number of hydrogen-bond donors (Lipinski definition) is 8. The summed E-state index contributed by atoms with van der Waals surface area (Å²) < 4.78 is 60.1. The Hall–Kier alpha value is -2.24. The standard InChI is InChI=1S/C20H32N6O16P2/c1-7(10(21)19(31)36-2)39-20-15(30)13(28)9(41-20)4-38-44(34,35)42-43(32,33)37-3-8-12(27)14(29)18(40-8)26-6-25-11-16(22)23-5-24-17(11)26/h5-10,12-15,18,20,27-30H,3-4,21H2,1-2H3,(H,32,33)(H,34,35)(H2,22,23,24)/t7?,8-,9-,10+,12-,13-,14-,15-,18-,20-/m1/s1. The van der Waals surface area contributed by atoms with Gasteiger partial charge in [-0.25, -0.2) is 24.1 Å². The van der Waals surface area contributed by atoms with Crippen molar-refractivity contribution < 1.29 is 76.4 Å². The van der Waals surface area contributed by atoms with E-state index < -0.39 is 96.1 Å². The van der Waals surface area contributed by atoms with Gasteiger partial charge in [-0.2, -0.15) is 4.31 Å².